The van der Waals surface area contributed by atoms with Crippen molar-refractivity contribution < 1.29 is 9.47 Å². The summed E-state index contributed by atoms with van der Waals surface area (Å²) in [4.78, 5) is 2.45. The fourth-order valence-electron chi connectivity index (χ4n) is 10.6. The molecule has 0 fully saturated rings. The Bertz CT molecular complexity index is 3240. The van der Waals surface area contributed by atoms with Gasteiger partial charge in [-0.3, -0.25) is 0 Å². The van der Waals surface area contributed by atoms with E-state index in [2.05, 4.69) is 211 Å². The average Bonchev–Trinajstić information content (AvgIpc) is 3.83. The number of benzene rings is 9. The third-order valence-electron chi connectivity index (χ3n) is 13.2. The number of fused-ring (bicyclic) bond motifs is 16. The summed E-state index contributed by atoms with van der Waals surface area (Å²) >= 11 is 0. The van der Waals surface area contributed by atoms with Crippen molar-refractivity contribution in [2.75, 3.05) is 4.90 Å². The fraction of sp³-hybridized carbons (Fsp3) is 0.0526. The lowest BCUT2D eigenvalue weighted by Crippen LogP contribution is -2.32. The van der Waals surface area contributed by atoms with Gasteiger partial charge in [0.1, 0.15) is 23.4 Å². The summed E-state index contributed by atoms with van der Waals surface area (Å²) in [6.07, 6.45) is 5.49. The molecule has 1 spiro atoms. The Hall–Kier alpha value is -7.62. The van der Waals surface area contributed by atoms with Crippen LogP contribution in [0.1, 0.15) is 34.2 Å². The molecule has 9 aromatic rings. The first-order valence-electron chi connectivity index (χ1n) is 20.8. The molecule has 0 N–H and O–H groups in total. The van der Waals surface area contributed by atoms with Crippen LogP contribution in [0, 0.1) is 0 Å². The molecule has 0 saturated carbocycles. The lowest BCUT2D eigenvalue weighted by atomic mass is 9.65. The molecule has 282 valence electrons. The van der Waals surface area contributed by atoms with Crippen molar-refractivity contribution in [1.82, 2.24) is 0 Å². The van der Waals surface area contributed by atoms with Crippen molar-refractivity contribution in [1.29, 1.82) is 0 Å². The quantitative estimate of drug-likeness (QED) is 0.178. The second-order valence-electron chi connectivity index (χ2n) is 16.3. The second-order valence-corrected chi connectivity index (χ2v) is 16.3. The van der Waals surface area contributed by atoms with Gasteiger partial charge in [0.25, 0.3) is 0 Å². The summed E-state index contributed by atoms with van der Waals surface area (Å²) in [7, 11) is 0. The largest absolute Gasteiger partial charge is 0.485 e. The zero-order valence-electron chi connectivity index (χ0n) is 32.7. The molecule has 2 heterocycles. The van der Waals surface area contributed by atoms with Crippen LogP contribution in [0.4, 0.5) is 11.4 Å². The standard InChI is InChI=1S/C57H37NO2/c1-2-13-36(14-3-1)39-17-12-18-40(33-39)58(41-28-32-54-48(34-41)47-22-9-11-24-53(47)59-54)42-27-29-46-45-21-8-10-23-49(45)57(52(46)35-42)50-30-25-37-15-4-6-19-43(37)55(50)60-56-44-20-7-5-16-38(44)26-31-51(56)57/h1-31,33-35,54H,32H2. The van der Waals surface area contributed by atoms with Gasteiger partial charge in [0.2, 0.25) is 0 Å². The van der Waals surface area contributed by atoms with Crippen molar-refractivity contribution in [2.45, 2.75) is 17.9 Å². The van der Waals surface area contributed by atoms with Crippen molar-refractivity contribution in [3.8, 4) is 39.5 Å². The van der Waals surface area contributed by atoms with Crippen LogP contribution in [0.2, 0.25) is 0 Å². The summed E-state index contributed by atoms with van der Waals surface area (Å²) in [6, 6.07) is 70.7. The van der Waals surface area contributed by atoms with Crippen LogP contribution in [0.5, 0.6) is 17.2 Å². The Kier molecular flexibility index (Phi) is 7.06. The number of rotatable bonds is 4. The molecule has 60 heavy (non-hydrogen) atoms. The van der Waals surface area contributed by atoms with Crippen LogP contribution in [-0.2, 0) is 5.41 Å². The Labute approximate surface area is 348 Å². The van der Waals surface area contributed by atoms with E-state index in [1.165, 1.54) is 44.5 Å². The molecule has 0 saturated heterocycles. The van der Waals surface area contributed by atoms with E-state index in [0.29, 0.717) is 0 Å². The third kappa shape index (κ3) is 4.66. The van der Waals surface area contributed by atoms with E-state index in [9.17, 15) is 0 Å². The monoisotopic (exact) mass is 767 g/mol. The van der Waals surface area contributed by atoms with Gasteiger partial charge in [0, 0.05) is 56.5 Å². The van der Waals surface area contributed by atoms with Crippen LogP contribution < -0.4 is 14.4 Å². The molecule has 1 unspecified atom stereocenters. The predicted molar refractivity (Wildman–Crippen MR) is 244 cm³/mol. The first-order valence-corrected chi connectivity index (χ1v) is 20.8. The van der Waals surface area contributed by atoms with Gasteiger partial charge in [-0.2, -0.15) is 0 Å². The zero-order valence-corrected chi connectivity index (χ0v) is 32.7. The van der Waals surface area contributed by atoms with E-state index < -0.39 is 5.41 Å². The summed E-state index contributed by atoms with van der Waals surface area (Å²) in [6.45, 7) is 0. The molecule has 1 atom stereocenters. The smallest absolute Gasteiger partial charge is 0.140 e. The number of anilines is 2. The van der Waals surface area contributed by atoms with Gasteiger partial charge < -0.3 is 14.4 Å². The Morgan fingerprint density at radius 2 is 1.10 bits per heavy atom. The highest BCUT2D eigenvalue weighted by Crippen LogP contribution is 2.64. The normalized spacial score (nSPS) is 16.0. The molecular weight excluding hydrogens is 731 g/mol. The molecule has 3 heteroatoms. The number of hydrogen-bond acceptors (Lipinski definition) is 3. The van der Waals surface area contributed by atoms with Gasteiger partial charge in [-0.15, -0.1) is 0 Å². The minimum absolute atomic E-state index is 0.00123. The molecule has 3 nitrogen and oxygen atoms in total. The highest BCUT2D eigenvalue weighted by molar-refractivity contribution is 6.00. The second kappa shape index (κ2) is 12.7. The van der Waals surface area contributed by atoms with Gasteiger partial charge in [0.15, 0.2) is 0 Å². The van der Waals surface area contributed by atoms with E-state index >= 15 is 0 Å². The van der Waals surface area contributed by atoms with E-state index in [1.807, 2.05) is 0 Å². The van der Waals surface area contributed by atoms with Crippen LogP contribution in [0.25, 0.3) is 49.4 Å². The molecule has 2 aliphatic carbocycles. The molecule has 9 aromatic carbocycles. The molecule has 0 amide bonds. The van der Waals surface area contributed by atoms with Gasteiger partial charge in [-0.25, -0.2) is 0 Å². The zero-order chi connectivity index (χ0) is 39.4. The minimum Gasteiger partial charge on any atom is -0.485 e. The van der Waals surface area contributed by atoms with Gasteiger partial charge in [-0.1, -0.05) is 170 Å². The summed E-state index contributed by atoms with van der Waals surface area (Å²) in [5.41, 5.74) is 14.7. The molecular formula is C57H37NO2. The number of nitrogens with zero attached hydrogens (tertiary/aromatic N) is 1. The Morgan fingerprint density at radius 1 is 0.467 bits per heavy atom. The fourth-order valence-corrected chi connectivity index (χ4v) is 10.6. The lowest BCUT2D eigenvalue weighted by Gasteiger charge is -2.40. The first kappa shape index (κ1) is 33.4. The summed E-state index contributed by atoms with van der Waals surface area (Å²) in [5, 5.41) is 4.55. The third-order valence-corrected chi connectivity index (χ3v) is 13.2. The van der Waals surface area contributed by atoms with Crippen LogP contribution in [0.15, 0.2) is 212 Å². The van der Waals surface area contributed by atoms with Crippen LogP contribution in [-0.4, -0.2) is 6.10 Å². The summed E-state index contributed by atoms with van der Waals surface area (Å²) in [5.74, 6) is 2.79. The Morgan fingerprint density at radius 3 is 1.88 bits per heavy atom. The molecule has 4 aliphatic rings. The molecule has 2 aliphatic heterocycles. The maximum Gasteiger partial charge on any atom is 0.140 e. The molecule has 0 radical (unpaired) electrons. The van der Waals surface area contributed by atoms with Crippen molar-refractivity contribution in [3.05, 3.63) is 240 Å². The number of para-hydroxylation sites is 1. The van der Waals surface area contributed by atoms with E-state index in [-0.39, 0.29) is 6.10 Å². The molecule has 0 aromatic heterocycles. The maximum absolute atomic E-state index is 7.25. The Balaban J connectivity index is 1.09. The van der Waals surface area contributed by atoms with Gasteiger partial charge >= 0.3 is 0 Å². The number of allylic oxidation sites excluding steroid dienone is 1. The topological polar surface area (TPSA) is 21.7 Å². The van der Waals surface area contributed by atoms with Crippen LogP contribution in [0.3, 0.4) is 0 Å². The minimum atomic E-state index is -0.654. The van der Waals surface area contributed by atoms with Crippen LogP contribution >= 0.6 is 0 Å². The van der Waals surface area contributed by atoms with Crippen molar-refractivity contribution >= 4 is 38.5 Å². The van der Waals surface area contributed by atoms with E-state index in [1.54, 1.807) is 0 Å². The van der Waals surface area contributed by atoms with E-state index in [4.69, 9.17) is 9.47 Å². The highest BCUT2D eigenvalue weighted by Gasteiger charge is 2.52. The first-order chi connectivity index (χ1) is 29.7. The highest BCUT2D eigenvalue weighted by atomic mass is 16.5. The van der Waals surface area contributed by atoms with E-state index in [0.717, 1.165) is 73.4 Å². The number of ether oxygens (including phenoxy) is 2. The summed E-state index contributed by atoms with van der Waals surface area (Å²) < 4.78 is 13.7. The van der Waals surface area contributed by atoms with Crippen molar-refractivity contribution in [2.24, 2.45) is 0 Å². The van der Waals surface area contributed by atoms with Gasteiger partial charge in [0.05, 0.1) is 5.41 Å². The lowest BCUT2D eigenvalue weighted by molar-refractivity contribution is 0.278. The molecule has 13 rings (SSSR count). The average molecular weight is 768 g/mol. The SMILES string of the molecule is C1=C2c3ccccc3OC2CC=C1N(c1cccc(-c2ccccc2)c1)c1ccc2c(c1)C1(c3ccccc3-2)c2ccc3ccccc3c2Oc2c1ccc1ccccc21. The predicted octanol–water partition coefficient (Wildman–Crippen LogP) is 14.4. The van der Waals surface area contributed by atoms with Gasteiger partial charge in [-0.05, 0) is 80.6 Å². The maximum atomic E-state index is 7.25. The number of hydrogen-bond donors (Lipinski definition) is 0. The molecule has 0 bridgehead atoms. The van der Waals surface area contributed by atoms with Crippen molar-refractivity contribution in [3.63, 3.8) is 0 Å².